The Morgan fingerprint density at radius 1 is 0.667 bits per heavy atom. The molecule has 0 saturated heterocycles. The monoisotopic (exact) mass is 431 g/mol. The fourth-order valence-electron chi connectivity index (χ4n) is 2.61. The number of fused-ring (bicyclic) bond motifs is 1. The van der Waals surface area contributed by atoms with Crippen LogP contribution in [0.4, 0.5) is 0 Å². The minimum atomic E-state index is -0.189. The van der Waals surface area contributed by atoms with Crippen molar-refractivity contribution in [3.05, 3.63) is 91.9 Å². The molecule has 1 aliphatic rings. The third-order valence-corrected chi connectivity index (χ3v) is 6.74. The molecule has 0 spiro atoms. The van der Waals surface area contributed by atoms with Crippen molar-refractivity contribution >= 4 is 58.3 Å². The Morgan fingerprint density at radius 3 is 1.67 bits per heavy atom. The van der Waals surface area contributed by atoms with Gasteiger partial charge < -0.3 is 4.98 Å². The molecule has 3 nitrogen and oxygen atoms in total. The molecular weight excluding hydrogens is 421 g/mol. The third kappa shape index (κ3) is 3.73. The second kappa shape index (κ2) is 7.60. The van der Waals surface area contributed by atoms with Crippen LogP contribution in [0, 0.1) is 0 Å². The number of hydrogen-bond acceptors (Lipinski definition) is 4. The fourth-order valence-corrected chi connectivity index (χ4v) is 4.90. The van der Waals surface area contributed by atoms with Gasteiger partial charge in [-0.05, 0) is 54.6 Å². The van der Waals surface area contributed by atoms with Gasteiger partial charge in [0.2, 0.25) is 11.6 Å². The van der Waals surface area contributed by atoms with E-state index in [0.717, 1.165) is 9.79 Å². The molecule has 0 atom stereocenters. The highest BCUT2D eigenvalue weighted by Crippen LogP contribution is 2.43. The second-order valence-electron chi connectivity index (χ2n) is 5.69. The number of aromatic amines is 1. The van der Waals surface area contributed by atoms with Gasteiger partial charge in [-0.25, -0.2) is 0 Å². The van der Waals surface area contributed by atoms with Crippen molar-refractivity contribution in [2.45, 2.75) is 9.79 Å². The Labute approximate surface area is 174 Å². The molecule has 0 radical (unpaired) electrons. The largest absolute Gasteiger partial charge is 0.358 e. The lowest BCUT2D eigenvalue weighted by Gasteiger charge is -2.18. The topological polar surface area (TPSA) is 49.9 Å². The molecule has 2 aromatic carbocycles. The molecule has 0 fully saturated rings. The number of allylic oxidation sites excluding steroid dienone is 2. The smallest absolute Gasteiger partial charge is 0.217 e. The van der Waals surface area contributed by atoms with Crippen molar-refractivity contribution in [3.8, 4) is 0 Å². The van der Waals surface area contributed by atoms with E-state index >= 15 is 0 Å². The fraction of sp³-hybridized carbons (Fsp3) is 0. The molecule has 27 heavy (non-hydrogen) atoms. The van der Waals surface area contributed by atoms with Gasteiger partial charge in [-0.15, -0.1) is 0 Å². The lowest BCUT2D eigenvalue weighted by Crippen LogP contribution is -2.18. The van der Waals surface area contributed by atoms with E-state index in [-0.39, 0.29) is 11.6 Å². The van der Waals surface area contributed by atoms with Crippen molar-refractivity contribution in [1.82, 2.24) is 4.98 Å². The number of benzene rings is 2. The van der Waals surface area contributed by atoms with E-state index in [9.17, 15) is 9.59 Å². The van der Waals surface area contributed by atoms with Crippen molar-refractivity contribution in [1.29, 1.82) is 0 Å². The van der Waals surface area contributed by atoms with E-state index in [1.807, 2.05) is 24.3 Å². The van der Waals surface area contributed by atoms with E-state index in [4.69, 9.17) is 23.2 Å². The predicted octanol–water partition coefficient (Wildman–Crippen LogP) is 6.50. The second-order valence-corrected chi connectivity index (χ2v) is 8.74. The highest BCUT2D eigenvalue weighted by atomic mass is 35.5. The molecule has 1 aromatic heterocycles. The van der Waals surface area contributed by atoms with Gasteiger partial charge in [-0.1, -0.05) is 46.7 Å². The average molecular weight is 432 g/mol. The standard InChI is InChI=1S/C20H11Cl2NO2S2/c21-11-1-5-13(6-2-11)26-19-17(24)15-9-10-23-16(15)18(25)20(19)27-14-7-3-12(22)4-8-14/h1-10,23H. The number of carbonyl (C=O) groups is 2. The minimum Gasteiger partial charge on any atom is -0.358 e. The summed E-state index contributed by atoms with van der Waals surface area (Å²) in [7, 11) is 0. The maximum Gasteiger partial charge on any atom is 0.217 e. The van der Waals surface area contributed by atoms with Crippen LogP contribution in [-0.2, 0) is 0 Å². The highest BCUT2D eigenvalue weighted by Gasteiger charge is 2.34. The summed E-state index contributed by atoms with van der Waals surface area (Å²) in [6.07, 6.45) is 1.61. The van der Waals surface area contributed by atoms with E-state index in [2.05, 4.69) is 4.98 Å². The number of hydrogen-bond donors (Lipinski definition) is 1. The number of ketones is 2. The van der Waals surface area contributed by atoms with E-state index in [0.29, 0.717) is 31.1 Å². The summed E-state index contributed by atoms with van der Waals surface area (Å²) < 4.78 is 0. The molecule has 7 heteroatoms. The van der Waals surface area contributed by atoms with Crippen LogP contribution in [0.5, 0.6) is 0 Å². The molecule has 4 rings (SSSR count). The van der Waals surface area contributed by atoms with Crippen LogP contribution in [0.15, 0.2) is 80.4 Å². The number of carbonyl (C=O) groups excluding carboxylic acids is 2. The Morgan fingerprint density at radius 2 is 1.15 bits per heavy atom. The minimum absolute atomic E-state index is 0.165. The van der Waals surface area contributed by atoms with Gasteiger partial charge in [0.25, 0.3) is 0 Å². The van der Waals surface area contributed by atoms with Crippen LogP contribution in [-0.4, -0.2) is 16.6 Å². The van der Waals surface area contributed by atoms with Crippen LogP contribution in [0.25, 0.3) is 0 Å². The van der Waals surface area contributed by atoms with Crippen LogP contribution < -0.4 is 0 Å². The first-order valence-electron chi connectivity index (χ1n) is 7.91. The summed E-state index contributed by atoms with van der Waals surface area (Å²) in [5.74, 6) is -0.353. The summed E-state index contributed by atoms with van der Waals surface area (Å²) in [6, 6.07) is 16.0. The van der Waals surface area contributed by atoms with Crippen LogP contribution in [0.3, 0.4) is 0 Å². The van der Waals surface area contributed by atoms with Gasteiger partial charge in [0.15, 0.2) is 0 Å². The molecule has 0 bridgehead atoms. The van der Waals surface area contributed by atoms with E-state index in [1.165, 1.54) is 23.5 Å². The van der Waals surface area contributed by atoms with Gasteiger partial charge >= 0.3 is 0 Å². The lowest BCUT2D eigenvalue weighted by molar-refractivity contribution is 0.0986. The molecule has 1 heterocycles. The molecule has 3 aromatic rings. The predicted molar refractivity (Wildman–Crippen MR) is 111 cm³/mol. The van der Waals surface area contributed by atoms with Crippen molar-refractivity contribution in [2.24, 2.45) is 0 Å². The zero-order valence-electron chi connectivity index (χ0n) is 13.7. The summed E-state index contributed by atoms with van der Waals surface area (Å²) in [5, 5.41) is 1.23. The quantitative estimate of drug-likeness (QED) is 0.512. The zero-order valence-corrected chi connectivity index (χ0v) is 16.8. The Bertz CT molecular complexity index is 986. The number of Topliss-reactive ketones (excluding diaryl/α,β-unsaturated/α-hetero) is 2. The molecule has 0 saturated carbocycles. The molecule has 1 N–H and O–H groups in total. The summed E-state index contributed by atoms with van der Waals surface area (Å²) in [6.45, 7) is 0. The summed E-state index contributed by atoms with van der Waals surface area (Å²) in [4.78, 5) is 31.4. The van der Waals surface area contributed by atoms with E-state index < -0.39 is 0 Å². The lowest BCUT2D eigenvalue weighted by atomic mass is 10.0. The first kappa shape index (κ1) is 18.4. The molecule has 0 amide bonds. The van der Waals surface area contributed by atoms with Gasteiger partial charge in [0.05, 0.1) is 21.1 Å². The van der Waals surface area contributed by atoms with Crippen LogP contribution in [0.1, 0.15) is 20.8 Å². The maximum absolute atomic E-state index is 13.0. The van der Waals surface area contributed by atoms with Crippen LogP contribution >= 0.6 is 46.7 Å². The number of halogens is 2. The Kier molecular flexibility index (Phi) is 5.19. The van der Waals surface area contributed by atoms with Crippen molar-refractivity contribution < 1.29 is 9.59 Å². The number of thioether (sulfide) groups is 2. The third-order valence-electron chi connectivity index (χ3n) is 3.90. The maximum atomic E-state index is 13.0. The molecule has 0 aliphatic heterocycles. The Balaban J connectivity index is 1.78. The Hall–Kier alpha value is -1.92. The molecular formula is C20H11Cl2NO2S2. The number of aromatic nitrogens is 1. The number of rotatable bonds is 4. The van der Waals surface area contributed by atoms with Crippen LogP contribution in [0.2, 0.25) is 10.0 Å². The normalized spacial score (nSPS) is 13.9. The van der Waals surface area contributed by atoms with Gasteiger partial charge in [-0.3, -0.25) is 9.59 Å². The SMILES string of the molecule is O=C1C(Sc2ccc(Cl)cc2)=C(Sc2ccc(Cl)cc2)C(=O)c2[nH]ccc21. The molecule has 134 valence electrons. The first-order chi connectivity index (χ1) is 13.0. The summed E-state index contributed by atoms with van der Waals surface area (Å²) >= 11 is 14.4. The number of H-pyrrole nitrogens is 1. The van der Waals surface area contributed by atoms with Crippen molar-refractivity contribution in [2.75, 3.05) is 0 Å². The van der Waals surface area contributed by atoms with E-state index in [1.54, 1.807) is 36.5 Å². The summed E-state index contributed by atoms with van der Waals surface area (Å²) in [5.41, 5.74) is 0.730. The zero-order chi connectivity index (χ0) is 19.0. The first-order valence-corrected chi connectivity index (χ1v) is 10.3. The molecule has 1 aliphatic carbocycles. The molecule has 0 unspecified atom stereocenters. The number of nitrogens with one attached hydrogen (secondary N) is 1. The van der Waals surface area contributed by atoms with Gasteiger partial charge in [0.1, 0.15) is 0 Å². The average Bonchev–Trinajstić information content (AvgIpc) is 3.16. The van der Waals surface area contributed by atoms with Gasteiger partial charge in [-0.2, -0.15) is 0 Å². The van der Waals surface area contributed by atoms with Gasteiger partial charge in [0, 0.05) is 26.0 Å². The highest BCUT2D eigenvalue weighted by molar-refractivity contribution is 8.08. The van der Waals surface area contributed by atoms with Crippen molar-refractivity contribution in [3.63, 3.8) is 0 Å².